The van der Waals surface area contributed by atoms with Crippen LogP contribution in [0.2, 0.25) is 0 Å². The van der Waals surface area contributed by atoms with Gasteiger partial charge in [-0.15, -0.1) is 4.74 Å². The molecule has 2 aromatic carbocycles. The molecule has 0 saturated carbocycles. The third kappa shape index (κ3) is 4.03. The van der Waals surface area contributed by atoms with Crippen molar-refractivity contribution in [1.82, 2.24) is 14.2 Å². The quantitative estimate of drug-likeness (QED) is 0.485. The monoisotopic (exact) mass is 474 g/mol. The molecule has 1 aliphatic carbocycles. The predicted octanol–water partition coefficient (Wildman–Crippen LogP) is 4.70. The standard InChI is InChI=1S/C27H30N4O4/c1-27(2)23(31-25(33)30(26(34)35-31)22-16-10-5-11-17-22)29(21-14-8-4-9-15-21)24(32)28(27)19-18-20-12-6-3-7-13-20/h4-5,8-12,14-17,23H,3,6-7,13,18-19H2,1-2H3. The first-order valence-corrected chi connectivity index (χ1v) is 12.1. The molecule has 1 atom stereocenters. The number of urea groups is 1. The minimum absolute atomic E-state index is 0.218. The van der Waals surface area contributed by atoms with Crippen LogP contribution in [0.15, 0.2) is 86.4 Å². The molecular weight excluding hydrogens is 444 g/mol. The van der Waals surface area contributed by atoms with Crippen molar-refractivity contribution < 1.29 is 9.32 Å². The van der Waals surface area contributed by atoms with E-state index >= 15 is 0 Å². The van der Waals surface area contributed by atoms with E-state index in [2.05, 4.69) is 6.08 Å². The van der Waals surface area contributed by atoms with Crippen LogP contribution in [-0.4, -0.2) is 32.3 Å². The molecule has 0 N–H and O–H groups in total. The van der Waals surface area contributed by atoms with E-state index in [-0.39, 0.29) is 6.03 Å². The first-order valence-electron chi connectivity index (χ1n) is 12.1. The van der Waals surface area contributed by atoms with E-state index in [1.54, 1.807) is 34.1 Å². The van der Waals surface area contributed by atoms with Gasteiger partial charge in [0.05, 0.1) is 11.2 Å². The van der Waals surface area contributed by atoms with Crippen LogP contribution in [-0.2, 0) is 0 Å². The summed E-state index contributed by atoms with van der Waals surface area (Å²) in [5, 5.41) is 0. The van der Waals surface area contributed by atoms with Crippen molar-refractivity contribution in [3.8, 4) is 5.69 Å². The number of hydrogen-bond acceptors (Lipinski definition) is 4. The van der Waals surface area contributed by atoms with Crippen molar-refractivity contribution in [3.05, 3.63) is 93.3 Å². The topological polar surface area (TPSA) is 80.7 Å². The highest BCUT2D eigenvalue weighted by atomic mass is 16.5. The number of hydrogen-bond donors (Lipinski definition) is 0. The predicted molar refractivity (Wildman–Crippen MR) is 134 cm³/mol. The number of carbonyl (C=O) groups is 1. The molecule has 182 valence electrons. The average Bonchev–Trinajstić information content (AvgIpc) is 3.27. The van der Waals surface area contributed by atoms with Crippen molar-refractivity contribution in [3.63, 3.8) is 0 Å². The Bertz CT molecular complexity index is 1350. The van der Waals surface area contributed by atoms with Crippen LogP contribution in [0.25, 0.3) is 5.69 Å². The fraction of sp³-hybridized carbons (Fsp3) is 0.370. The highest BCUT2D eigenvalue weighted by Gasteiger charge is 2.55. The van der Waals surface area contributed by atoms with Crippen molar-refractivity contribution in [2.45, 2.75) is 57.7 Å². The van der Waals surface area contributed by atoms with Crippen molar-refractivity contribution in [1.29, 1.82) is 0 Å². The molecule has 1 saturated heterocycles. The van der Waals surface area contributed by atoms with Crippen molar-refractivity contribution in [2.24, 2.45) is 0 Å². The molecule has 3 aromatic rings. The highest BCUT2D eigenvalue weighted by molar-refractivity contribution is 5.95. The van der Waals surface area contributed by atoms with Gasteiger partial charge in [0.1, 0.15) is 0 Å². The molecule has 2 heterocycles. The second kappa shape index (κ2) is 9.09. The van der Waals surface area contributed by atoms with E-state index < -0.39 is 23.2 Å². The molecule has 1 fully saturated rings. The number of aromatic nitrogens is 2. The van der Waals surface area contributed by atoms with E-state index in [4.69, 9.17) is 4.52 Å². The second-order valence-electron chi connectivity index (χ2n) is 9.66. The highest BCUT2D eigenvalue weighted by Crippen LogP contribution is 2.42. The largest absolute Gasteiger partial charge is 0.447 e. The molecule has 8 nitrogen and oxygen atoms in total. The summed E-state index contributed by atoms with van der Waals surface area (Å²) in [6.45, 7) is 4.36. The van der Waals surface area contributed by atoms with Gasteiger partial charge in [0, 0.05) is 12.2 Å². The second-order valence-corrected chi connectivity index (χ2v) is 9.66. The molecule has 5 rings (SSSR count). The molecule has 2 amide bonds. The summed E-state index contributed by atoms with van der Waals surface area (Å²) in [4.78, 5) is 43.5. The van der Waals surface area contributed by atoms with Crippen LogP contribution < -0.4 is 16.3 Å². The average molecular weight is 475 g/mol. The normalized spacial score (nSPS) is 19.8. The van der Waals surface area contributed by atoms with E-state index in [9.17, 15) is 14.4 Å². The van der Waals surface area contributed by atoms with Gasteiger partial charge < -0.3 is 9.42 Å². The Balaban J connectivity index is 1.59. The summed E-state index contributed by atoms with van der Waals surface area (Å²) in [6, 6.07) is 17.6. The molecule has 0 bridgehead atoms. The van der Waals surface area contributed by atoms with Crippen LogP contribution in [0.3, 0.4) is 0 Å². The number of rotatable bonds is 6. The van der Waals surface area contributed by atoms with Crippen LogP contribution in [0.1, 0.15) is 52.1 Å². The first kappa shape index (κ1) is 23.0. The lowest BCUT2D eigenvalue weighted by molar-refractivity contribution is 0.0974. The third-order valence-corrected chi connectivity index (χ3v) is 7.06. The fourth-order valence-electron chi connectivity index (χ4n) is 5.23. The Morgan fingerprint density at radius 2 is 1.57 bits per heavy atom. The van der Waals surface area contributed by atoms with Gasteiger partial charge in [-0.05, 0) is 70.2 Å². The van der Waals surface area contributed by atoms with E-state index in [1.807, 2.05) is 50.2 Å². The van der Waals surface area contributed by atoms with Gasteiger partial charge in [-0.25, -0.2) is 14.4 Å². The Labute approximate surface area is 203 Å². The molecule has 0 spiro atoms. The zero-order valence-electron chi connectivity index (χ0n) is 20.1. The summed E-state index contributed by atoms with van der Waals surface area (Å²) < 4.78 is 7.60. The summed E-state index contributed by atoms with van der Waals surface area (Å²) in [7, 11) is 0. The lowest BCUT2D eigenvalue weighted by atomic mass is 9.95. The minimum Gasteiger partial charge on any atom is -0.315 e. The smallest absolute Gasteiger partial charge is 0.315 e. The molecular formula is C27H30N4O4. The Kier molecular flexibility index (Phi) is 5.96. The zero-order valence-corrected chi connectivity index (χ0v) is 20.1. The van der Waals surface area contributed by atoms with Crippen molar-refractivity contribution >= 4 is 11.7 Å². The number of benzene rings is 2. The van der Waals surface area contributed by atoms with Crippen LogP contribution in [0.5, 0.6) is 0 Å². The SMILES string of the molecule is CC1(C)C(n2oc(=O)n(-c3ccccc3)c2=O)N(c2ccccc2)C(=O)N1CCC1=CCCCC1. The summed E-state index contributed by atoms with van der Waals surface area (Å²) in [5.74, 6) is -0.789. The number of allylic oxidation sites excluding steroid dienone is 1. The number of anilines is 1. The third-order valence-electron chi connectivity index (χ3n) is 7.06. The van der Waals surface area contributed by atoms with Gasteiger partial charge >= 0.3 is 17.5 Å². The molecule has 2 aliphatic rings. The minimum atomic E-state index is -0.845. The van der Waals surface area contributed by atoms with Gasteiger partial charge in [-0.3, -0.25) is 4.90 Å². The van der Waals surface area contributed by atoms with Gasteiger partial charge in [-0.2, -0.15) is 4.57 Å². The van der Waals surface area contributed by atoms with Gasteiger partial charge in [0.2, 0.25) is 0 Å². The van der Waals surface area contributed by atoms with E-state index in [1.165, 1.54) is 18.4 Å². The number of para-hydroxylation sites is 2. The Morgan fingerprint density at radius 1 is 0.914 bits per heavy atom. The lowest BCUT2D eigenvalue weighted by Crippen LogP contribution is -2.47. The first-order chi connectivity index (χ1) is 16.9. The summed E-state index contributed by atoms with van der Waals surface area (Å²) in [5.41, 5.74) is 0.972. The van der Waals surface area contributed by atoms with Gasteiger partial charge in [0.15, 0.2) is 6.17 Å². The number of amides is 2. The van der Waals surface area contributed by atoms with Gasteiger partial charge in [0.25, 0.3) is 0 Å². The maximum Gasteiger partial charge on any atom is 0.447 e. The molecule has 8 heteroatoms. The molecule has 1 aliphatic heterocycles. The molecule has 0 radical (unpaired) electrons. The Hall–Kier alpha value is -3.81. The summed E-state index contributed by atoms with van der Waals surface area (Å²) in [6.07, 6.45) is 6.75. The number of nitrogens with zero attached hydrogens (tertiary/aromatic N) is 4. The molecule has 35 heavy (non-hydrogen) atoms. The van der Waals surface area contributed by atoms with Crippen molar-refractivity contribution in [2.75, 3.05) is 11.4 Å². The van der Waals surface area contributed by atoms with Gasteiger partial charge in [-0.1, -0.05) is 48.0 Å². The molecule has 1 aromatic heterocycles. The number of carbonyl (C=O) groups excluding carboxylic acids is 1. The lowest BCUT2D eigenvalue weighted by Gasteiger charge is -2.34. The molecule has 1 unspecified atom stereocenters. The maximum absolute atomic E-state index is 13.8. The Morgan fingerprint density at radius 3 is 2.20 bits per heavy atom. The van der Waals surface area contributed by atoms with E-state index in [0.29, 0.717) is 17.9 Å². The fourth-order valence-corrected chi connectivity index (χ4v) is 5.23. The summed E-state index contributed by atoms with van der Waals surface area (Å²) >= 11 is 0. The maximum atomic E-state index is 13.8. The van der Waals surface area contributed by atoms with Crippen LogP contribution >= 0.6 is 0 Å². The van der Waals surface area contributed by atoms with Crippen LogP contribution in [0, 0.1) is 0 Å². The zero-order chi connectivity index (χ0) is 24.6. The van der Waals surface area contributed by atoms with Crippen LogP contribution in [0.4, 0.5) is 10.5 Å². The van der Waals surface area contributed by atoms with E-state index in [0.717, 1.165) is 28.6 Å².